The summed E-state index contributed by atoms with van der Waals surface area (Å²) in [6, 6.07) is 4.73. The molecule has 15 heavy (non-hydrogen) atoms. The van der Waals surface area contributed by atoms with E-state index in [1.54, 1.807) is 19.1 Å². The van der Waals surface area contributed by atoms with E-state index in [9.17, 15) is 10.1 Å². The van der Waals surface area contributed by atoms with Crippen molar-refractivity contribution in [3.63, 3.8) is 0 Å². The van der Waals surface area contributed by atoms with E-state index in [-0.39, 0.29) is 12.3 Å². The molecule has 0 heterocycles. The summed E-state index contributed by atoms with van der Waals surface area (Å²) in [6.07, 6.45) is 0.586. The van der Waals surface area contributed by atoms with E-state index in [4.69, 9.17) is 10.8 Å². The Balaban J connectivity index is 0.000000583. The number of rotatable bonds is 2. The maximum atomic E-state index is 10.5. The Kier molecular flexibility index (Phi) is 6.05. The number of hydrogen-bond donors (Lipinski definition) is 2. The van der Waals surface area contributed by atoms with Crippen molar-refractivity contribution in [3.05, 3.63) is 33.9 Å². The maximum absolute atomic E-state index is 10.5. The van der Waals surface area contributed by atoms with E-state index >= 15 is 0 Å². The van der Waals surface area contributed by atoms with Gasteiger partial charge in [-0.05, 0) is 19.4 Å². The number of nitrogens with two attached hydrogens (primary N) is 1. The Morgan fingerprint density at radius 1 is 1.47 bits per heavy atom. The second kappa shape index (κ2) is 6.78. The number of hydrogen-bond acceptors (Lipinski definition) is 4. The number of nitro groups is 1. The zero-order valence-corrected chi connectivity index (χ0v) is 8.93. The van der Waals surface area contributed by atoms with Gasteiger partial charge in [0, 0.05) is 18.4 Å². The molecule has 1 aromatic rings. The van der Waals surface area contributed by atoms with Crippen LogP contribution in [0.15, 0.2) is 18.2 Å². The van der Waals surface area contributed by atoms with Gasteiger partial charge in [-0.2, -0.15) is 0 Å². The third-order valence-electron chi connectivity index (χ3n) is 1.74. The van der Waals surface area contributed by atoms with Crippen LogP contribution >= 0.6 is 0 Å². The van der Waals surface area contributed by atoms with Crippen LogP contribution in [0.5, 0.6) is 0 Å². The van der Waals surface area contributed by atoms with Gasteiger partial charge in [-0.15, -0.1) is 0 Å². The van der Waals surface area contributed by atoms with Crippen LogP contribution in [0, 0.1) is 10.1 Å². The van der Waals surface area contributed by atoms with Crippen LogP contribution in [0.2, 0.25) is 0 Å². The second-order valence-corrected chi connectivity index (χ2v) is 2.77. The summed E-state index contributed by atoms with van der Waals surface area (Å²) in [4.78, 5) is 10.1. The Hall–Kier alpha value is -1.62. The zero-order valence-electron chi connectivity index (χ0n) is 8.93. The lowest BCUT2D eigenvalue weighted by Gasteiger charge is -2.02. The molecule has 0 aromatic heterocycles. The predicted octanol–water partition coefficient (Wildman–Crippen LogP) is 1.74. The van der Waals surface area contributed by atoms with Gasteiger partial charge in [0.2, 0.25) is 0 Å². The molecule has 1 aromatic carbocycles. The molecule has 5 nitrogen and oxygen atoms in total. The first-order valence-electron chi connectivity index (χ1n) is 4.71. The molecule has 0 atom stereocenters. The number of aliphatic hydroxyl groups excluding tert-OH is 1. The minimum absolute atomic E-state index is 0.109. The van der Waals surface area contributed by atoms with Crippen LogP contribution in [0.3, 0.4) is 0 Å². The molecule has 0 spiro atoms. The number of aliphatic hydroxyl groups is 1. The first-order valence-corrected chi connectivity index (χ1v) is 4.71. The molecule has 0 bridgehead atoms. The molecule has 0 amide bonds. The van der Waals surface area contributed by atoms with E-state index in [2.05, 4.69) is 0 Å². The number of nitro benzene ring substituents is 1. The van der Waals surface area contributed by atoms with E-state index in [1.807, 2.05) is 6.92 Å². The molecule has 0 aliphatic rings. The lowest BCUT2D eigenvalue weighted by molar-refractivity contribution is -0.385. The van der Waals surface area contributed by atoms with Gasteiger partial charge >= 0.3 is 0 Å². The summed E-state index contributed by atoms with van der Waals surface area (Å²) in [6.45, 7) is 3.78. The van der Waals surface area contributed by atoms with E-state index < -0.39 is 4.92 Å². The third-order valence-corrected chi connectivity index (χ3v) is 1.74. The molecular weight excluding hydrogens is 196 g/mol. The molecular formula is C10H16N2O3. The highest BCUT2D eigenvalue weighted by atomic mass is 16.6. The van der Waals surface area contributed by atoms with Gasteiger partial charge in [0.25, 0.3) is 5.69 Å². The molecule has 1 rings (SSSR count). The van der Waals surface area contributed by atoms with Crippen LogP contribution in [0.1, 0.15) is 19.4 Å². The SMILES string of the molecule is CCO.CCc1c(N)cccc1[N+](=O)[O-]. The topological polar surface area (TPSA) is 89.4 Å². The molecule has 0 aliphatic heterocycles. The quantitative estimate of drug-likeness (QED) is 0.444. The van der Waals surface area contributed by atoms with Gasteiger partial charge in [0.05, 0.1) is 10.5 Å². The summed E-state index contributed by atoms with van der Waals surface area (Å²) in [5.41, 5.74) is 6.78. The molecule has 0 radical (unpaired) electrons. The number of anilines is 1. The van der Waals surface area contributed by atoms with Gasteiger partial charge in [-0.25, -0.2) is 0 Å². The molecule has 5 heteroatoms. The summed E-state index contributed by atoms with van der Waals surface area (Å²) >= 11 is 0. The van der Waals surface area contributed by atoms with Crippen LogP contribution in [-0.4, -0.2) is 16.6 Å². The van der Waals surface area contributed by atoms with Gasteiger partial charge in [-0.1, -0.05) is 13.0 Å². The summed E-state index contributed by atoms with van der Waals surface area (Å²) in [5, 5.41) is 18.1. The Labute approximate surface area is 88.7 Å². The van der Waals surface area contributed by atoms with Crippen molar-refractivity contribution in [3.8, 4) is 0 Å². The molecule has 0 fully saturated rings. The second-order valence-electron chi connectivity index (χ2n) is 2.77. The van der Waals surface area contributed by atoms with E-state index in [0.717, 1.165) is 0 Å². The number of nitrogens with zero attached hydrogens (tertiary/aromatic N) is 1. The first kappa shape index (κ1) is 13.4. The normalized spacial score (nSPS) is 9.00. The zero-order chi connectivity index (χ0) is 11.8. The highest BCUT2D eigenvalue weighted by molar-refractivity contribution is 5.57. The molecule has 3 N–H and O–H groups in total. The van der Waals surface area contributed by atoms with Crippen molar-refractivity contribution in [2.75, 3.05) is 12.3 Å². The van der Waals surface area contributed by atoms with Crippen molar-refractivity contribution in [1.29, 1.82) is 0 Å². The Bertz CT molecular complexity index is 326. The van der Waals surface area contributed by atoms with Crippen LogP contribution < -0.4 is 5.73 Å². The minimum atomic E-state index is -0.408. The predicted molar refractivity (Wildman–Crippen MR) is 59.6 cm³/mol. The minimum Gasteiger partial charge on any atom is -0.398 e. The van der Waals surface area contributed by atoms with Crippen molar-refractivity contribution in [2.45, 2.75) is 20.3 Å². The summed E-state index contributed by atoms with van der Waals surface area (Å²) < 4.78 is 0. The number of nitrogen functional groups attached to an aromatic ring is 1. The smallest absolute Gasteiger partial charge is 0.274 e. The van der Waals surface area contributed by atoms with Gasteiger partial charge in [-0.3, -0.25) is 10.1 Å². The summed E-state index contributed by atoms with van der Waals surface area (Å²) in [7, 11) is 0. The van der Waals surface area contributed by atoms with E-state index in [1.165, 1.54) is 6.07 Å². The van der Waals surface area contributed by atoms with Gasteiger partial charge in [0.1, 0.15) is 0 Å². The molecule has 0 saturated carbocycles. The number of benzene rings is 1. The fraction of sp³-hybridized carbons (Fsp3) is 0.400. The lowest BCUT2D eigenvalue weighted by atomic mass is 10.1. The van der Waals surface area contributed by atoms with Crippen molar-refractivity contribution >= 4 is 11.4 Å². The van der Waals surface area contributed by atoms with Gasteiger partial charge < -0.3 is 10.8 Å². The molecule has 84 valence electrons. The molecule has 0 aliphatic carbocycles. The van der Waals surface area contributed by atoms with Gasteiger partial charge in [0.15, 0.2) is 0 Å². The van der Waals surface area contributed by atoms with E-state index in [0.29, 0.717) is 17.7 Å². The lowest BCUT2D eigenvalue weighted by Crippen LogP contribution is -1.98. The van der Waals surface area contributed by atoms with Crippen molar-refractivity contribution in [1.82, 2.24) is 0 Å². The van der Waals surface area contributed by atoms with Crippen LogP contribution in [0.4, 0.5) is 11.4 Å². The van der Waals surface area contributed by atoms with Crippen LogP contribution in [-0.2, 0) is 6.42 Å². The Morgan fingerprint density at radius 2 is 2.00 bits per heavy atom. The average Bonchev–Trinajstić information content (AvgIpc) is 2.18. The first-order chi connectivity index (χ1) is 7.08. The molecule has 0 saturated heterocycles. The highest BCUT2D eigenvalue weighted by Crippen LogP contribution is 2.23. The van der Waals surface area contributed by atoms with Crippen molar-refractivity contribution in [2.24, 2.45) is 0 Å². The monoisotopic (exact) mass is 212 g/mol. The fourth-order valence-electron chi connectivity index (χ4n) is 1.15. The Morgan fingerprint density at radius 3 is 2.33 bits per heavy atom. The summed E-state index contributed by atoms with van der Waals surface area (Å²) in [5.74, 6) is 0. The molecule has 0 unspecified atom stereocenters. The maximum Gasteiger partial charge on any atom is 0.274 e. The largest absolute Gasteiger partial charge is 0.398 e. The highest BCUT2D eigenvalue weighted by Gasteiger charge is 2.13. The third kappa shape index (κ3) is 3.95. The average molecular weight is 212 g/mol. The van der Waals surface area contributed by atoms with Crippen molar-refractivity contribution < 1.29 is 10.0 Å². The standard InChI is InChI=1S/C8H10N2O2.C2H6O/c1-2-6-7(9)4-3-5-8(6)10(11)12;1-2-3/h3-5H,2,9H2,1H3;3H,2H2,1H3. The fourth-order valence-corrected chi connectivity index (χ4v) is 1.15. The van der Waals surface area contributed by atoms with Crippen LogP contribution in [0.25, 0.3) is 0 Å².